The standard InChI is InChI=1S/C12H14F2N2O3/c1-8(2)7-19-4-3-15-11-6-9(13)5-10(14)12(11)16(17)18/h5-6,15H,1,3-4,7H2,2H3. The van der Waals surface area contributed by atoms with Crippen molar-refractivity contribution >= 4 is 11.4 Å². The van der Waals surface area contributed by atoms with E-state index in [0.717, 1.165) is 11.6 Å². The van der Waals surface area contributed by atoms with Crippen LogP contribution in [-0.2, 0) is 4.74 Å². The molecule has 5 nitrogen and oxygen atoms in total. The predicted molar refractivity (Wildman–Crippen MR) is 67.1 cm³/mol. The number of anilines is 1. The van der Waals surface area contributed by atoms with Crippen molar-refractivity contribution in [1.82, 2.24) is 0 Å². The zero-order chi connectivity index (χ0) is 14.4. The van der Waals surface area contributed by atoms with Crippen molar-refractivity contribution in [1.29, 1.82) is 0 Å². The van der Waals surface area contributed by atoms with Gasteiger partial charge in [0.25, 0.3) is 0 Å². The van der Waals surface area contributed by atoms with E-state index in [1.165, 1.54) is 0 Å². The highest BCUT2D eigenvalue weighted by Crippen LogP contribution is 2.28. The highest BCUT2D eigenvalue weighted by atomic mass is 19.1. The first-order valence-corrected chi connectivity index (χ1v) is 5.51. The molecule has 0 bridgehead atoms. The topological polar surface area (TPSA) is 64.4 Å². The van der Waals surface area contributed by atoms with Crippen molar-refractivity contribution in [3.05, 3.63) is 46.0 Å². The molecule has 0 atom stereocenters. The summed E-state index contributed by atoms with van der Waals surface area (Å²) in [7, 11) is 0. The summed E-state index contributed by atoms with van der Waals surface area (Å²) in [5, 5.41) is 13.3. The highest BCUT2D eigenvalue weighted by molar-refractivity contribution is 5.62. The van der Waals surface area contributed by atoms with Gasteiger partial charge in [-0.15, -0.1) is 0 Å². The Balaban J connectivity index is 2.67. The van der Waals surface area contributed by atoms with E-state index in [-0.39, 0.29) is 18.8 Å². The molecule has 0 saturated heterocycles. The maximum Gasteiger partial charge on any atom is 0.327 e. The SMILES string of the molecule is C=C(C)COCCNc1cc(F)cc(F)c1[N+](=O)[O-]. The zero-order valence-corrected chi connectivity index (χ0v) is 10.4. The molecule has 1 aromatic carbocycles. The fraction of sp³-hybridized carbons (Fsp3) is 0.333. The van der Waals surface area contributed by atoms with Crippen molar-refractivity contribution in [2.75, 3.05) is 25.1 Å². The molecule has 0 aromatic heterocycles. The lowest BCUT2D eigenvalue weighted by Crippen LogP contribution is -2.12. The molecule has 0 aliphatic rings. The Bertz CT molecular complexity index is 492. The third-order valence-corrected chi connectivity index (χ3v) is 2.12. The Morgan fingerprint density at radius 2 is 2.21 bits per heavy atom. The highest BCUT2D eigenvalue weighted by Gasteiger charge is 2.21. The molecule has 1 aromatic rings. The van der Waals surface area contributed by atoms with Gasteiger partial charge in [-0.3, -0.25) is 10.1 Å². The first kappa shape index (κ1) is 15.0. The van der Waals surface area contributed by atoms with Gasteiger partial charge in [0, 0.05) is 18.7 Å². The molecule has 1 N–H and O–H groups in total. The lowest BCUT2D eigenvalue weighted by Gasteiger charge is -2.08. The van der Waals surface area contributed by atoms with Crippen LogP contribution >= 0.6 is 0 Å². The zero-order valence-electron chi connectivity index (χ0n) is 10.4. The summed E-state index contributed by atoms with van der Waals surface area (Å²) in [6, 6.07) is 1.35. The van der Waals surface area contributed by atoms with Crippen molar-refractivity contribution in [2.24, 2.45) is 0 Å². The van der Waals surface area contributed by atoms with Crippen LogP contribution in [0.15, 0.2) is 24.3 Å². The van der Waals surface area contributed by atoms with Crippen LogP contribution in [0.2, 0.25) is 0 Å². The third-order valence-electron chi connectivity index (χ3n) is 2.12. The smallest absolute Gasteiger partial charge is 0.327 e. The number of nitro groups is 1. The minimum atomic E-state index is -1.21. The minimum Gasteiger partial charge on any atom is -0.377 e. The van der Waals surface area contributed by atoms with E-state index in [0.29, 0.717) is 12.7 Å². The lowest BCUT2D eigenvalue weighted by molar-refractivity contribution is -0.386. The van der Waals surface area contributed by atoms with Gasteiger partial charge in [-0.25, -0.2) is 4.39 Å². The van der Waals surface area contributed by atoms with Crippen molar-refractivity contribution in [3.63, 3.8) is 0 Å². The van der Waals surface area contributed by atoms with Crippen LogP contribution in [0.3, 0.4) is 0 Å². The number of nitrogens with zero attached hydrogens (tertiary/aromatic N) is 1. The molecule has 1 rings (SSSR count). The number of benzene rings is 1. The summed E-state index contributed by atoms with van der Waals surface area (Å²) in [6.07, 6.45) is 0. The van der Waals surface area contributed by atoms with E-state index in [9.17, 15) is 18.9 Å². The monoisotopic (exact) mass is 272 g/mol. The largest absolute Gasteiger partial charge is 0.377 e. The average molecular weight is 272 g/mol. The normalized spacial score (nSPS) is 10.3. The fourth-order valence-electron chi connectivity index (χ4n) is 1.39. The molecule has 104 valence electrons. The predicted octanol–water partition coefficient (Wildman–Crippen LogP) is 2.88. The number of hydrogen-bond donors (Lipinski definition) is 1. The number of ether oxygens (including phenoxy) is 1. The van der Waals surface area contributed by atoms with Crippen LogP contribution in [0.25, 0.3) is 0 Å². The molecular weight excluding hydrogens is 258 g/mol. The van der Waals surface area contributed by atoms with Crippen LogP contribution in [0.4, 0.5) is 20.2 Å². The van der Waals surface area contributed by atoms with Crippen LogP contribution in [0, 0.1) is 21.7 Å². The molecule has 0 spiro atoms. The fourth-order valence-corrected chi connectivity index (χ4v) is 1.39. The van der Waals surface area contributed by atoms with Crippen molar-refractivity contribution < 1.29 is 18.4 Å². The molecule has 7 heteroatoms. The Kier molecular flexibility index (Phi) is 5.37. The van der Waals surface area contributed by atoms with Crippen LogP contribution in [0.5, 0.6) is 0 Å². The summed E-state index contributed by atoms with van der Waals surface area (Å²) in [6.45, 7) is 6.22. The third kappa shape index (κ3) is 4.63. The quantitative estimate of drug-likeness (QED) is 0.359. The van der Waals surface area contributed by atoms with E-state index in [1.807, 2.05) is 0 Å². The maximum atomic E-state index is 13.3. The van der Waals surface area contributed by atoms with E-state index in [4.69, 9.17) is 4.74 Å². The summed E-state index contributed by atoms with van der Waals surface area (Å²) < 4.78 is 31.4. The molecule has 19 heavy (non-hydrogen) atoms. The summed E-state index contributed by atoms with van der Waals surface area (Å²) in [5.41, 5.74) is -0.148. The molecule has 0 aliphatic carbocycles. The maximum absolute atomic E-state index is 13.3. The summed E-state index contributed by atoms with van der Waals surface area (Å²) in [4.78, 5) is 9.80. The Morgan fingerprint density at radius 1 is 1.53 bits per heavy atom. The van der Waals surface area contributed by atoms with Gasteiger partial charge in [0.15, 0.2) is 0 Å². The molecule has 0 unspecified atom stereocenters. The van der Waals surface area contributed by atoms with Gasteiger partial charge in [0.1, 0.15) is 11.5 Å². The second-order valence-corrected chi connectivity index (χ2v) is 3.98. The van der Waals surface area contributed by atoms with E-state index in [2.05, 4.69) is 11.9 Å². The van der Waals surface area contributed by atoms with Gasteiger partial charge >= 0.3 is 5.69 Å². The molecule has 0 heterocycles. The van der Waals surface area contributed by atoms with Crippen molar-refractivity contribution in [3.8, 4) is 0 Å². The van der Waals surface area contributed by atoms with Gasteiger partial charge < -0.3 is 10.1 Å². The van der Waals surface area contributed by atoms with E-state index >= 15 is 0 Å². The number of nitrogens with one attached hydrogen (secondary N) is 1. The number of nitro benzene ring substituents is 1. The molecule has 0 radical (unpaired) electrons. The summed E-state index contributed by atoms with van der Waals surface area (Å²) in [5.74, 6) is -2.09. The van der Waals surface area contributed by atoms with Gasteiger partial charge in [0.2, 0.25) is 5.82 Å². The van der Waals surface area contributed by atoms with Gasteiger partial charge in [0.05, 0.1) is 18.1 Å². The van der Waals surface area contributed by atoms with Crippen molar-refractivity contribution in [2.45, 2.75) is 6.92 Å². The first-order valence-electron chi connectivity index (χ1n) is 5.51. The molecule has 0 aliphatic heterocycles. The minimum absolute atomic E-state index is 0.191. The molecule has 0 fully saturated rings. The van der Waals surface area contributed by atoms with E-state index in [1.54, 1.807) is 6.92 Å². The van der Waals surface area contributed by atoms with Gasteiger partial charge in [-0.2, -0.15) is 4.39 Å². The van der Waals surface area contributed by atoms with E-state index < -0.39 is 22.2 Å². The van der Waals surface area contributed by atoms with Crippen LogP contribution in [0.1, 0.15) is 6.92 Å². The number of rotatable bonds is 7. The Morgan fingerprint density at radius 3 is 2.79 bits per heavy atom. The van der Waals surface area contributed by atoms with Gasteiger partial charge in [-0.05, 0) is 6.92 Å². The average Bonchev–Trinajstić information content (AvgIpc) is 2.26. The number of hydrogen-bond acceptors (Lipinski definition) is 4. The Labute approximate surface area is 109 Å². The summed E-state index contributed by atoms with van der Waals surface area (Å²) >= 11 is 0. The Hall–Kier alpha value is -2.02. The van der Waals surface area contributed by atoms with Crippen LogP contribution in [-0.4, -0.2) is 24.7 Å². The van der Waals surface area contributed by atoms with Crippen LogP contribution < -0.4 is 5.32 Å². The molecular formula is C12H14F2N2O3. The molecule has 0 amide bonds. The lowest BCUT2D eigenvalue weighted by atomic mass is 10.2. The first-order chi connectivity index (χ1) is 8.91. The second-order valence-electron chi connectivity index (χ2n) is 3.98. The second kappa shape index (κ2) is 6.79. The molecule has 0 saturated carbocycles. The van der Waals surface area contributed by atoms with Gasteiger partial charge in [-0.1, -0.05) is 12.2 Å². The number of halogens is 2.